The number of anilines is 2. The number of nitrogens with one attached hydrogen (secondary N) is 1. The molecule has 0 saturated carbocycles. The van der Waals surface area contributed by atoms with Gasteiger partial charge in [-0.15, -0.1) is 0 Å². The molecule has 0 aliphatic rings. The number of rotatable bonds is 2. The molecule has 0 radical (unpaired) electrons. The van der Waals surface area contributed by atoms with Gasteiger partial charge >= 0.3 is 6.09 Å². The van der Waals surface area contributed by atoms with E-state index in [-0.39, 0.29) is 16.9 Å². The van der Waals surface area contributed by atoms with Crippen LogP contribution in [0.5, 0.6) is 5.75 Å². The van der Waals surface area contributed by atoms with Crippen LogP contribution in [-0.2, 0) is 5.41 Å². The van der Waals surface area contributed by atoms with Gasteiger partial charge in [0.2, 0.25) is 0 Å². The molecule has 1 amide bonds. The normalized spacial score (nSPS) is 11.4. The zero-order valence-corrected chi connectivity index (χ0v) is 12.1. The van der Waals surface area contributed by atoms with Crippen molar-refractivity contribution in [3.05, 3.63) is 30.0 Å². The van der Waals surface area contributed by atoms with Gasteiger partial charge in [0.05, 0.1) is 17.1 Å². The Morgan fingerprint density at radius 1 is 1.33 bits per heavy atom. The van der Waals surface area contributed by atoms with Gasteiger partial charge in [-0.2, -0.15) is 5.10 Å². The predicted octanol–water partition coefficient (Wildman–Crippen LogP) is 2.55. The number of carbonyl (C=O) groups is 1. The van der Waals surface area contributed by atoms with Gasteiger partial charge in [0.15, 0.2) is 0 Å². The molecule has 1 aromatic carbocycles. The van der Waals surface area contributed by atoms with Gasteiger partial charge in [-0.3, -0.25) is 5.32 Å². The SMILES string of the molecule is CC(C)(C)c1cc(NC(=O)O)n(-c2ccc(N)c(O)c2)n1. The van der Waals surface area contributed by atoms with Gasteiger partial charge in [-0.1, -0.05) is 20.8 Å². The van der Waals surface area contributed by atoms with Crippen molar-refractivity contribution >= 4 is 17.6 Å². The monoisotopic (exact) mass is 290 g/mol. The average Bonchev–Trinajstić information content (AvgIpc) is 2.75. The Labute approximate surface area is 122 Å². The third-order valence-corrected chi connectivity index (χ3v) is 2.97. The number of hydrogen-bond donors (Lipinski definition) is 4. The molecule has 0 bridgehead atoms. The topological polar surface area (TPSA) is 113 Å². The van der Waals surface area contributed by atoms with Gasteiger partial charge in [0.25, 0.3) is 0 Å². The Morgan fingerprint density at radius 2 is 2.00 bits per heavy atom. The molecule has 0 atom stereocenters. The molecule has 0 spiro atoms. The third kappa shape index (κ3) is 3.07. The molecular formula is C14H18N4O3. The summed E-state index contributed by atoms with van der Waals surface area (Å²) in [5.41, 5.74) is 6.82. The van der Waals surface area contributed by atoms with E-state index in [0.29, 0.717) is 11.5 Å². The first-order valence-electron chi connectivity index (χ1n) is 6.38. The molecule has 112 valence electrons. The van der Waals surface area contributed by atoms with Crippen LogP contribution in [-0.4, -0.2) is 26.1 Å². The quantitative estimate of drug-likeness (QED) is 0.501. The number of nitrogens with two attached hydrogens (primary N) is 1. The lowest BCUT2D eigenvalue weighted by Crippen LogP contribution is -2.13. The van der Waals surface area contributed by atoms with Crippen molar-refractivity contribution in [1.29, 1.82) is 0 Å². The van der Waals surface area contributed by atoms with Gasteiger partial charge in [-0.25, -0.2) is 9.48 Å². The molecular weight excluding hydrogens is 272 g/mol. The lowest BCUT2D eigenvalue weighted by atomic mass is 9.92. The Kier molecular flexibility index (Phi) is 3.51. The van der Waals surface area contributed by atoms with Crippen molar-refractivity contribution in [1.82, 2.24) is 9.78 Å². The average molecular weight is 290 g/mol. The molecule has 5 N–H and O–H groups in total. The highest BCUT2D eigenvalue weighted by Crippen LogP contribution is 2.29. The van der Waals surface area contributed by atoms with E-state index in [1.165, 1.54) is 16.8 Å². The van der Waals surface area contributed by atoms with Crippen molar-refractivity contribution < 1.29 is 15.0 Å². The van der Waals surface area contributed by atoms with Crippen LogP contribution in [0, 0.1) is 0 Å². The number of nitrogens with zero attached hydrogens (tertiary/aromatic N) is 2. The fourth-order valence-electron chi connectivity index (χ4n) is 1.81. The van der Waals surface area contributed by atoms with Crippen molar-refractivity contribution in [2.24, 2.45) is 0 Å². The van der Waals surface area contributed by atoms with Crippen LogP contribution in [0.2, 0.25) is 0 Å². The van der Waals surface area contributed by atoms with Gasteiger partial charge < -0.3 is 15.9 Å². The Hall–Kier alpha value is -2.70. The van der Waals surface area contributed by atoms with E-state index in [1.807, 2.05) is 20.8 Å². The molecule has 2 rings (SSSR count). The van der Waals surface area contributed by atoms with E-state index in [4.69, 9.17) is 10.8 Å². The van der Waals surface area contributed by atoms with Crippen LogP contribution in [0.25, 0.3) is 5.69 Å². The zero-order chi connectivity index (χ0) is 15.8. The van der Waals surface area contributed by atoms with Gasteiger partial charge in [-0.05, 0) is 12.1 Å². The number of phenols is 1. The maximum Gasteiger partial charge on any atom is 0.410 e. The van der Waals surface area contributed by atoms with Gasteiger partial charge in [0.1, 0.15) is 11.6 Å². The number of hydrogen-bond acceptors (Lipinski definition) is 4. The van der Waals surface area contributed by atoms with E-state index in [9.17, 15) is 9.90 Å². The minimum absolute atomic E-state index is 0.0819. The summed E-state index contributed by atoms with van der Waals surface area (Å²) < 4.78 is 1.42. The summed E-state index contributed by atoms with van der Waals surface area (Å²) in [4.78, 5) is 10.9. The standard InChI is InChI=1S/C14H18N4O3/c1-14(2,3)11-7-12(16-13(20)21)18(17-11)8-4-5-9(15)10(19)6-8/h4-7,16,19H,15H2,1-3H3,(H,20,21). The summed E-state index contributed by atoms with van der Waals surface area (Å²) in [5, 5.41) is 25.3. The van der Waals surface area contributed by atoms with E-state index in [1.54, 1.807) is 12.1 Å². The van der Waals surface area contributed by atoms with E-state index < -0.39 is 6.09 Å². The summed E-state index contributed by atoms with van der Waals surface area (Å²) in [6.45, 7) is 5.93. The largest absolute Gasteiger partial charge is 0.506 e. The van der Waals surface area contributed by atoms with Crippen molar-refractivity contribution in [3.63, 3.8) is 0 Å². The van der Waals surface area contributed by atoms with Crippen LogP contribution in [0.15, 0.2) is 24.3 Å². The highest BCUT2D eigenvalue weighted by atomic mass is 16.4. The molecule has 1 aromatic heterocycles. The summed E-state index contributed by atoms with van der Waals surface area (Å²) in [7, 11) is 0. The first kappa shape index (κ1) is 14.7. The second-order valence-electron chi connectivity index (χ2n) is 5.75. The van der Waals surface area contributed by atoms with Crippen LogP contribution in [0.1, 0.15) is 26.5 Å². The third-order valence-electron chi connectivity index (χ3n) is 2.97. The Balaban J connectivity index is 2.56. The summed E-state index contributed by atoms with van der Waals surface area (Å²) >= 11 is 0. The second-order valence-corrected chi connectivity index (χ2v) is 5.75. The first-order chi connectivity index (χ1) is 9.68. The molecule has 7 nitrogen and oxygen atoms in total. The fourth-order valence-corrected chi connectivity index (χ4v) is 1.81. The first-order valence-corrected chi connectivity index (χ1v) is 6.38. The minimum atomic E-state index is -1.18. The fraction of sp³-hybridized carbons (Fsp3) is 0.286. The summed E-state index contributed by atoms with van der Waals surface area (Å²) in [6.07, 6.45) is -1.18. The van der Waals surface area contributed by atoms with Crippen LogP contribution in [0.3, 0.4) is 0 Å². The lowest BCUT2D eigenvalue weighted by Gasteiger charge is -2.14. The number of amides is 1. The maximum absolute atomic E-state index is 10.9. The highest BCUT2D eigenvalue weighted by Gasteiger charge is 2.21. The minimum Gasteiger partial charge on any atom is -0.506 e. The van der Waals surface area contributed by atoms with Crippen LogP contribution < -0.4 is 11.1 Å². The lowest BCUT2D eigenvalue weighted by molar-refractivity contribution is 0.209. The number of benzene rings is 1. The summed E-state index contributed by atoms with van der Waals surface area (Å²) in [6, 6.07) is 6.29. The number of carboxylic acid groups (broad SMARTS) is 1. The molecule has 0 saturated heterocycles. The number of nitrogen functional groups attached to an aromatic ring is 1. The van der Waals surface area contributed by atoms with Gasteiger partial charge in [0, 0.05) is 17.5 Å². The molecule has 2 aromatic rings. The summed E-state index contributed by atoms with van der Waals surface area (Å²) in [5.74, 6) is 0.221. The molecule has 1 heterocycles. The van der Waals surface area contributed by atoms with E-state index >= 15 is 0 Å². The van der Waals surface area contributed by atoms with E-state index in [2.05, 4.69) is 10.4 Å². The van der Waals surface area contributed by atoms with Crippen molar-refractivity contribution in [3.8, 4) is 11.4 Å². The number of aromatic hydroxyl groups is 1. The molecule has 0 aliphatic carbocycles. The van der Waals surface area contributed by atoms with Crippen LogP contribution >= 0.6 is 0 Å². The maximum atomic E-state index is 10.9. The molecule has 0 aliphatic heterocycles. The smallest absolute Gasteiger partial charge is 0.410 e. The molecule has 7 heteroatoms. The number of aromatic nitrogens is 2. The Bertz CT molecular complexity index is 686. The van der Waals surface area contributed by atoms with Crippen molar-refractivity contribution in [2.45, 2.75) is 26.2 Å². The molecule has 0 unspecified atom stereocenters. The second kappa shape index (κ2) is 5.01. The Morgan fingerprint density at radius 3 is 2.52 bits per heavy atom. The van der Waals surface area contributed by atoms with Crippen LogP contribution in [0.4, 0.5) is 16.3 Å². The van der Waals surface area contributed by atoms with Crippen molar-refractivity contribution in [2.75, 3.05) is 11.1 Å². The van der Waals surface area contributed by atoms with E-state index in [0.717, 1.165) is 5.69 Å². The molecule has 0 fully saturated rings. The molecule has 21 heavy (non-hydrogen) atoms. The highest BCUT2D eigenvalue weighted by molar-refractivity contribution is 5.82. The number of phenolic OH excluding ortho intramolecular Hbond substituents is 1. The zero-order valence-electron chi connectivity index (χ0n) is 12.1. The predicted molar refractivity (Wildman–Crippen MR) is 80.0 cm³/mol.